The Morgan fingerprint density at radius 1 is 1.00 bits per heavy atom. The number of benzene rings is 1. The van der Waals surface area contributed by atoms with Crippen LogP contribution in [0, 0.1) is 17.2 Å². The molecule has 0 bridgehead atoms. The lowest BCUT2D eigenvalue weighted by molar-refractivity contribution is -0.131. The third-order valence-electron chi connectivity index (χ3n) is 5.92. The molecule has 1 aromatic rings. The van der Waals surface area contributed by atoms with E-state index >= 15 is 0 Å². The number of amides is 1. The standard InChI is InChI=1S/C22H31N3O/c23-17-20-7-9-21(10-8-20)18-24-13-4-14-25(16-15-24)22(26)12-11-19-5-2-1-3-6-19/h7-10,19H,1-6,11-16,18H2. The molecule has 0 N–H and O–H groups in total. The molecule has 4 nitrogen and oxygen atoms in total. The zero-order valence-electron chi connectivity index (χ0n) is 15.8. The molecule has 0 unspecified atom stereocenters. The smallest absolute Gasteiger partial charge is 0.222 e. The van der Waals surface area contributed by atoms with Crippen LogP contribution in [0.15, 0.2) is 24.3 Å². The van der Waals surface area contributed by atoms with E-state index in [-0.39, 0.29) is 0 Å². The van der Waals surface area contributed by atoms with E-state index in [0.717, 1.165) is 57.9 Å². The summed E-state index contributed by atoms with van der Waals surface area (Å²) in [5, 5.41) is 8.90. The molecule has 1 aromatic carbocycles. The average molecular weight is 354 g/mol. The molecule has 0 radical (unpaired) electrons. The van der Waals surface area contributed by atoms with Crippen molar-refractivity contribution in [2.24, 2.45) is 5.92 Å². The molecule has 1 amide bonds. The summed E-state index contributed by atoms with van der Waals surface area (Å²) in [4.78, 5) is 17.1. The molecule has 1 saturated carbocycles. The van der Waals surface area contributed by atoms with E-state index in [9.17, 15) is 4.79 Å². The lowest BCUT2D eigenvalue weighted by Gasteiger charge is -2.24. The van der Waals surface area contributed by atoms with Gasteiger partial charge in [-0.2, -0.15) is 5.26 Å². The first-order chi connectivity index (χ1) is 12.7. The Balaban J connectivity index is 1.43. The van der Waals surface area contributed by atoms with Gasteiger partial charge < -0.3 is 4.90 Å². The Morgan fingerprint density at radius 2 is 1.77 bits per heavy atom. The first kappa shape index (κ1) is 18.9. The normalized spacial score (nSPS) is 19.7. The van der Waals surface area contributed by atoms with Gasteiger partial charge in [-0.1, -0.05) is 44.2 Å². The lowest BCUT2D eigenvalue weighted by Crippen LogP contribution is -2.35. The molecular weight excluding hydrogens is 322 g/mol. The highest BCUT2D eigenvalue weighted by Gasteiger charge is 2.21. The lowest BCUT2D eigenvalue weighted by atomic mass is 9.86. The molecular formula is C22H31N3O. The average Bonchev–Trinajstić information content (AvgIpc) is 2.93. The first-order valence-electron chi connectivity index (χ1n) is 10.2. The summed E-state index contributed by atoms with van der Waals surface area (Å²) in [6.07, 6.45) is 9.61. The molecule has 4 heteroatoms. The Morgan fingerprint density at radius 3 is 2.50 bits per heavy atom. The van der Waals surface area contributed by atoms with Crippen molar-refractivity contribution in [3.63, 3.8) is 0 Å². The van der Waals surface area contributed by atoms with Crippen molar-refractivity contribution >= 4 is 5.91 Å². The minimum absolute atomic E-state index is 0.357. The monoisotopic (exact) mass is 353 g/mol. The second kappa shape index (κ2) is 9.73. The van der Waals surface area contributed by atoms with Crippen LogP contribution in [0.1, 0.15) is 62.5 Å². The van der Waals surface area contributed by atoms with E-state index in [1.807, 2.05) is 24.3 Å². The van der Waals surface area contributed by atoms with Crippen molar-refractivity contribution in [2.75, 3.05) is 26.2 Å². The fourth-order valence-corrected chi connectivity index (χ4v) is 4.28. The summed E-state index contributed by atoms with van der Waals surface area (Å²) in [6, 6.07) is 10.0. The van der Waals surface area contributed by atoms with Gasteiger partial charge in [0.05, 0.1) is 11.6 Å². The van der Waals surface area contributed by atoms with Crippen LogP contribution in [0.4, 0.5) is 0 Å². The molecule has 1 heterocycles. The van der Waals surface area contributed by atoms with E-state index in [0.29, 0.717) is 11.5 Å². The van der Waals surface area contributed by atoms with E-state index in [1.165, 1.54) is 37.7 Å². The summed E-state index contributed by atoms with van der Waals surface area (Å²) < 4.78 is 0. The largest absolute Gasteiger partial charge is 0.341 e. The topological polar surface area (TPSA) is 47.3 Å². The van der Waals surface area contributed by atoms with Gasteiger partial charge in [0.1, 0.15) is 0 Å². The highest BCUT2D eigenvalue weighted by molar-refractivity contribution is 5.76. The molecule has 2 fully saturated rings. The molecule has 1 aliphatic carbocycles. The zero-order chi connectivity index (χ0) is 18.2. The first-order valence-corrected chi connectivity index (χ1v) is 10.2. The number of carbonyl (C=O) groups is 1. The maximum atomic E-state index is 12.6. The van der Waals surface area contributed by atoms with Crippen LogP contribution in [0.3, 0.4) is 0 Å². The second-order valence-corrected chi connectivity index (χ2v) is 7.86. The maximum absolute atomic E-state index is 12.6. The van der Waals surface area contributed by atoms with Gasteiger partial charge in [-0.05, 0) is 36.5 Å². The minimum atomic E-state index is 0.357. The van der Waals surface area contributed by atoms with Gasteiger partial charge in [0.2, 0.25) is 5.91 Å². The highest BCUT2D eigenvalue weighted by Crippen LogP contribution is 2.27. The van der Waals surface area contributed by atoms with E-state index < -0.39 is 0 Å². The van der Waals surface area contributed by atoms with Gasteiger partial charge in [0.25, 0.3) is 0 Å². The summed E-state index contributed by atoms with van der Waals surface area (Å²) in [5.74, 6) is 1.14. The summed E-state index contributed by atoms with van der Waals surface area (Å²) >= 11 is 0. The fourth-order valence-electron chi connectivity index (χ4n) is 4.28. The number of carbonyl (C=O) groups excluding carboxylic acids is 1. The van der Waals surface area contributed by atoms with Gasteiger partial charge >= 0.3 is 0 Å². The van der Waals surface area contributed by atoms with Crippen molar-refractivity contribution in [1.29, 1.82) is 5.26 Å². The number of hydrogen-bond donors (Lipinski definition) is 0. The van der Waals surface area contributed by atoms with Gasteiger partial charge in [-0.15, -0.1) is 0 Å². The Labute approximate surface area is 157 Å². The van der Waals surface area contributed by atoms with Crippen LogP contribution in [0.2, 0.25) is 0 Å². The van der Waals surface area contributed by atoms with Gasteiger partial charge in [-0.3, -0.25) is 9.69 Å². The molecule has 140 valence electrons. The third-order valence-corrected chi connectivity index (χ3v) is 5.92. The Hall–Kier alpha value is -1.86. The van der Waals surface area contributed by atoms with Crippen molar-refractivity contribution < 1.29 is 4.79 Å². The fraction of sp³-hybridized carbons (Fsp3) is 0.636. The molecule has 3 rings (SSSR count). The molecule has 1 saturated heterocycles. The van der Waals surface area contributed by atoms with E-state index in [1.54, 1.807) is 0 Å². The molecule has 0 atom stereocenters. The van der Waals surface area contributed by atoms with E-state index in [4.69, 9.17) is 5.26 Å². The van der Waals surface area contributed by atoms with E-state index in [2.05, 4.69) is 15.9 Å². The number of nitrogens with zero attached hydrogens (tertiary/aromatic N) is 3. The zero-order valence-corrected chi connectivity index (χ0v) is 15.8. The third kappa shape index (κ3) is 5.57. The molecule has 0 spiro atoms. The predicted octanol–water partition coefficient (Wildman–Crippen LogP) is 3.95. The number of hydrogen-bond acceptors (Lipinski definition) is 3. The molecule has 1 aliphatic heterocycles. The van der Waals surface area contributed by atoms with Crippen molar-refractivity contribution in [1.82, 2.24) is 9.80 Å². The van der Waals surface area contributed by atoms with Crippen LogP contribution >= 0.6 is 0 Å². The van der Waals surface area contributed by atoms with Crippen LogP contribution in [0.5, 0.6) is 0 Å². The minimum Gasteiger partial charge on any atom is -0.341 e. The van der Waals surface area contributed by atoms with Crippen LogP contribution in [-0.4, -0.2) is 41.9 Å². The van der Waals surface area contributed by atoms with Gasteiger partial charge in [0.15, 0.2) is 0 Å². The number of rotatable bonds is 5. The predicted molar refractivity (Wildman–Crippen MR) is 103 cm³/mol. The maximum Gasteiger partial charge on any atom is 0.222 e. The van der Waals surface area contributed by atoms with Crippen molar-refractivity contribution in [3.05, 3.63) is 35.4 Å². The summed E-state index contributed by atoms with van der Waals surface area (Å²) in [7, 11) is 0. The molecule has 0 aromatic heterocycles. The van der Waals surface area contributed by atoms with Crippen LogP contribution in [0.25, 0.3) is 0 Å². The molecule has 26 heavy (non-hydrogen) atoms. The van der Waals surface area contributed by atoms with Gasteiger partial charge in [-0.25, -0.2) is 0 Å². The Bertz CT molecular complexity index is 613. The second-order valence-electron chi connectivity index (χ2n) is 7.86. The number of nitriles is 1. The highest BCUT2D eigenvalue weighted by atomic mass is 16.2. The molecule has 2 aliphatic rings. The van der Waals surface area contributed by atoms with Gasteiger partial charge in [0, 0.05) is 39.1 Å². The summed E-state index contributed by atoms with van der Waals surface area (Å²) in [5.41, 5.74) is 1.94. The summed E-state index contributed by atoms with van der Waals surface area (Å²) in [6.45, 7) is 4.62. The van der Waals surface area contributed by atoms with Crippen LogP contribution < -0.4 is 0 Å². The van der Waals surface area contributed by atoms with Crippen molar-refractivity contribution in [2.45, 2.75) is 57.9 Å². The van der Waals surface area contributed by atoms with Crippen LogP contribution in [-0.2, 0) is 11.3 Å². The SMILES string of the molecule is N#Cc1ccc(CN2CCCN(C(=O)CCC3CCCCC3)CC2)cc1. The Kier molecular flexibility index (Phi) is 7.08. The quantitative estimate of drug-likeness (QED) is 0.805. The van der Waals surface area contributed by atoms with Crippen molar-refractivity contribution in [3.8, 4) is 6.07 Å².